The molecule has 0 spiro atoms. The zero-order valence-electron chi connectivity index (χ0n) is 10.9. The zero-order chi connectivity index (χ0) is 13.6. The van der Waals surface area contributed by atoms with Crippen LogP contribution < -0.4 is 4.90 Å². The maximum atomic E-state index is 12.5. The molecule has 3 nitrogen and oxygen atoms in total. The van der Waals surface area contributed by atoms with E-state index >= 15 is 0 Å². The Morgan fingerprint density at radius 3 is 2.26 bits per heavy atom. The summed E-state index contributed by atoms with van der Waals surface area (Å²) in [5.41, 5.74) is 1.56. The summed E-state index contributed by atoms with van der Waals surface area (Å²) in [7, 11) is 0. The van der Waals surface area contributed by atoms with Crippen LogP contribution >= 0.6 is 11.6 Å². The molecule has 0 radical (unpaired) electrons. The van der Waals surface area contributed by atoms with Gasteiger partial charge in [-0.25, -0.2) is 4.90 Å². The fraction of sp³-hybridized carbons (Fsp3) is 0.467. The van der Waals surface area contributed by atoms with E-state index in [1.54, 1.807) is 12.1 Å². The van der Waals surface area contributed by atoms with Gasteiger partial charge in [0.1, 0.15) is 0 Å². The number of carbonyl (C=O) groups excluding carboxylic acids is 2. The SMILES string of the molecule is Cc1ccc(Cl)cc1N1C(=O)[C@H]2CCCC[C@@H]2C1=O. The molecule has 0 unspecified atom stereocenters. The van der Waals surface area contributed by atoms with Crippen molar-refractivity contribution >= 4 is 29.1 Å². The number of nitrogens with zero attached hydrogens (tertiary/aromatic N) is 1. The van der Waals surface area contributed by atoms with Crippen LogP contribution in [0.2, 0.25) is 5.02 Å². The summed E-state index contributed by atoms with van der Waals surface area (Å²) < 4.78 is 0. The van der Waals surface area contributed by atoms with Gasteiger partial charge in [0, 0.05) is 5.02 Å². The van der Waals surface area contributed by atoms with Crippen molar-refractivity contribution in [3.8, 4) is 0 Å². The van der Waals surface area contributed by atoms with E-state index in [1.807, 2.05) is 13.0 Å². The number of hydrogen-bond donors (Lipinski definition) is 0. The lowest BCUT2D eigenvalue weighted by molar-refractivity contribution is -0.122. The summed E-state index contributed by atoms with van der Waals surface area (Å²) >= 11 is 5.99. The van der Waals surface area contributed by atoms with Crippen LogP contribution in [0.5, 0.6) is 0 Å². The predicted molar refractivity (Wildman–Crippen MR) is 74.1 cm³/mol. The molecule has 100 valence electrons. The molecule has 2 amide bonds. The van der Waals surface area contributed by atoms with E-state index in [9.17, 15) is 9.59 Å². The molecule has 4 heteroatoms. The van der Waals surface area contributed by atoms with E-state index in [0.29, 0.717) is 10.7 Å². The molecule has 1 saturated carbocycles. The topological polar surface area (TPSA) is 37.4 Å². The Bertz CT molecular complexity index is 531. The molecule has 2 atom stereocenters. The molecule has 0 bridgehead atoms. The van der Waals surface area contributed by atoms with Crippen LogP contribution in [0.4, 0.5) is 5.69 Å². The number of benzene rings is 1. The molecule has 0 N–H and O–H groups in total. The molecule has 1 aliphatic heterocycles. The standard InChI is InChI=1S/C15H16ClNO2/c1-9-6-7-10(16)8-13(9)17-14(18)11-4-2-3-5-12(11)15(17)19/h6-8,11-12H,2-5H2,1H3/t11-,12-/m0/s1. The first-order valence-electron chi connectivity index (χ1n) is 6.73. The Morgan fingerprint density at radius 1 is 1.11 bits per heavy atom. The third-order valence-corrected chi connectivity index (χ3v) is 4.49. The monoisotopic (exact) mass is 277 g/mol. The Hall–Kier alpha value is -1.35. The highest BCUT2D eigenvalue weighted by molar-refractivity contribution is 6.31. The summed E-state index contributed by atoms with van der Waals surface area (Å²) in [6, 6.07) is 5.34. The lowest BCUT2D eigenvalue weighted by atomic mass is 9.81. The van der Waals surface area contributed by atoms with Gasteiger partial charge < -0.3 is 0 Å². The summed E-state index contributed by atoms with van der Waals surface area (Å²) in [5.74, 6) is -0.306. The van der Waals surface area contributed by atoms with Crippen LogP contribution in [-0.4, -0.2) is 11.8 Å². The number of fused-ring (bicyclic) bond motifs is 1. The predicted octanol–water partition coefficient (Wildman–Crippen LogP) is 3.33. The molecular weight excluding hydrogens is 262 g/mol. The minimum absolute atomic E-state index is 0.0416. The number of rotatable bonds is 1. The Kier molecular flexibility index (Phi) is 3.09. The van der Waals surface area contributed by atoms with Crippen LogP contribution in [0, 0.1) is 18.8 Å². The Labute approximate surface area is 117 Å². The normalized spacial score (nSPS) is 26.7. The number of amides is 2. The van der Waals surface area contributed by atoms with Crippen molar-refractivity contribution in [3.05, 3.63) is 28.8 Å². The van der Waals surface area contributed by atoms with Crippen molar-refractivity contribution in [1.82, 2.24) is 0 Å². The van der Waals surface area contributed by atoms with E-state index in [1.165, 1.54) is 4.90 Å². The third-order valence-electron chi connectivity index (χ3n) is 4.25. The van der Waals surface area contributed by atoms with Crippen LogP contribution in [-0.2, 0) is 9.59 Å². The van der Waals surface area contributed by atoms with Crippen molar-refractivity contribution in [2.24, 2.45) is 11.8 Å². The quantitative estimate of drug-likeness (QED) is 0.739. The lowest BCUT2D eigenvalue weighted by Crippen LogP contribution is -2.31. The number of aryl methyl sites for hydroxylation is 1. The molecule has 1 saturated heterocycles. The highest BCUT2D eigenvalue weighted by atomic mass is 35.5. The summed E-state index contributed by atoms with van der Waals surface area (Å²) in [5, 5.41) is 0.552. The van der Waals surface area contributed by atoms with Crippen molar-refractivity contribution < 1.29 is 9.59 Å². The van der Waals surface area contributed by atoms with E-state index in [0.717, 1.165) is 31.2 Å². The van der Waals surface area contributed by atoms with Crippen molar-refractivity contribution in [2.75, 3.05) is 4.90 Å². The van der Waals surface area contributed by atoms with Gasteiger partial charge >= 0.3 is 0 Å². The highest BCUT2D eigenvalue weighted by Crippen LogP contribution is 2.41. The fourth-order valence-electron chi connectivity index (χ4n) is 3.22. The number of halogens is 1. The van der Waals surface area contributed by atoms with Crippen LogP contribution in [0.3, 0.4) is 0 Å². The maximum Gasteiger partial charge on any atom is 0.237 e. The van der Waals surface area contributed by atoms with Crippen molar-refractivity contribution in [2.45, 2.75) is 32.6 Å². The average molecular weight is 278 g/mol. The highest BCUT2D eigenvalue weighted by Gasteiger charge is 2.48. The molecule has 3 rings (SSSR count). The second-order valence-corrected chi connectivity index (χ2v) is 5.88. The van der Waals surface area contributed by atoms with Crippen LogP contribution in [0.15, 0.2) is 18.2 Å². The largest absolute Gasteiger partial charge is 0.274 e. The van der Waals surface area contributed by atoms with Gasteiger partial charge in [-0.3, -0.25) is 9.59 Å². The van der Waals surface area contributed by atoms with E-state index < -0.39 is 0 Å². The maximum absolute atomic E-state index is 12.5. The first kappa shape index (κ1) is 12.7. The molecule has 2 aliphatic rings. The van der Waals surface area contributed by atoms with E-state index in [-0.39, 0.29) is 23.7 Å². The molecular formula is C15H16ClNO2. The minimum Gasteiger partial charge on any atom is -0.274 e. The van der Waals surface area contributed by atoms with Gasteiger partial charge in [-0.05, 0) is 37.5 Å². The number of carbonyl (C=O) groups is 2. The molecule has 1 aromatic rings. The van der Waals surface area contributed by atoms with Gasteiger partial charge in [0.25, 0.3) is 0 Å². The van der Waals surface area contributed by atoms with Crippen molar-refractivity contribution in [3.63, 3.8) is 0 Å². The summed E-state index contributed by atoms with van der Waals surface area (Å²) in [6.07, 6.45) is 3.77. The molecule has 1 heterocycles. The zero-order valence-corrected chi connectivity index (χ0v) is 11.6. The molecule has 1 aliphatic carbocycles. The van der Waals surface area contributed by atoms with Gasteiger partial charge in [-0.1, -0.05) is 30.5 Å². The Balaban J connectivity index is 2.03. The number of anilines is 1. The smallest absolute Gasteiger partial charge is 0.237 e. The first-order chi connectivity index (χ1) is 9.09. The second-order valence-electron chi connectivity index (χ2n) is 5.44. The third kappa shape index (κ3) is 1.96. The summed E-state index contributed by atoms with van der Waals surface area (Å²) in [6.45, 7) is 1.90. The van der Waals surface area contributed by atoms with E-state index in [4.69, 9.17) is 11.6 Å². The average Bonchev–Trinajstić information content (AvgIpc) is 2.66. The van der Waals surface area contributed by atoms with Gasteiger partial charge in [-0.15, -0.1) is 0 Å². The van der Waals surface area contributed by atoms with Crippen LogP contribution in [0.1, 0.15) is 31.2 Å². The lowest BCUT2D eigenvalue weighted by Gasteiger charge is -2.19. The second kappa shape index (κ2) is 4.64. The van der Waals surface area contributed by atoms with Crippen LogP contribution in [0.25, 0.3) is 0 Å². The minimum atomic E-state index is -0.111. The van der Waals surface area contributed by atoms with Gasteiger partial charge in [-0.2, -0.15) is 0 Å². The molecule has 19 heavy (non-hydrogen) atoms. The van der Waals surface area contributed by atoms with E-state index in [2.05, 4.69) is 0 Å². The van der Waals surface area contributed by atoms with Gasteiger partial charge in [0.2, 0.25) is 11.8 Å². The first-order valence-corrected chi connectivity index (χ1v) is 7.11. The van der Waals surface area contributed by atoms with Crippen molar-refractivity contribution in [1.29, 1.82) is 0 Å². The summed E-state index contributed by atoms with van der Waals surface area (Å²) in [4.78, 5) is 26.3. The molecule has 2 fully saturated rings. The van der Waals surface area contributed by atoms with Gasteiger partial charge in [0.15, 0.2) is 0 Å². The fourth-order valence-corrected chi connectivity index (χ4v) is 3.39. The molecule has 1 aromatic carbocycles. The molecule has 0 aromatic heterocycles. The number of hydrogen-bond acceptors (Lipinski definition) is 2. The Morgan fingerprint density at radius 2 is 1.68 bits per heavy atom. The number of imide groups is 1. The van der Waals surface area contributed by atoms with Gasteiger partial charge in [0.05, 0.1) is 17.5 Å².